The summed E-state index contributed by atoms with van der Waals surface area (Å²) in [6, 6.07) is 8.15. The van der Waals surface area contributed by atoms with Crippen LogP contribution < -0.4 is 4.74 Å². The highest BCUT2D eigenvalue weighted by Gasteiger charge is 2.20. The summed E-state index contributed by atoms with van der Waals surface area (Å²) in [5.74, 6) is -0.997. The summed E-state index contributed by atoms with van der Waals surface area (Å²) >= 11 is 0. The zero-order valence-corrected chi connectivity index (χ0v) is 15.0. The average molecular weight is 354 g/mol. The van der Waals surface area contributed by atoms with Crippen LogP contribution in [0, 0.1) is 0 Å². The van der Waals surface area contributed by atoms with Crippen molar-refractivity contribution in [3.8, 4) is 23.0 Å². The monoisotopic (exact) mass is 354 g/mol. The van der Waals surface area contributed by atoms with Crippen molar-refractivity contribution in [3.63, 3.8) is 0 Å². The third-order valence-electron chi connectivity index (χ3n) is 3.87. The lowest BCUT2D eigenvalue weighted by Gasteiger charge is -2.11. The summed E-state index contributed by atoms with van der Waals surface area (Å²) in [5.41, 5.74) is 1.74. The Bertz CT molecular complexity index is 857. The van der Waals surface area contributed by atoms with Gasteiger partial charge in [-0.25, -0.2) is 0 Å². The second-order valence-corrected chi connectivity index (χ2v) is 6.07. The number of hydrogen-bond acceptors (Lipinski definition) is 5. The number of phenolic OH excluding ortho intramolecular Hbond substituents is 3. The molecule has 2 rings (SSSR count). The summed E-state index contributed by atoms with van der Waals surface area (Å²) in [6.07, 6.45) is 4.90. The van der Waals surface area contributed by atoms with Gasteiger partial charge in [0.05, 0.1) is 7.11 Å². The van der Waals surface area contributed by atoms with Crippen LogP contribution in [0.1, 0.15) is 35.3 Å². The van der Waals surface area contributed by atoms with Crippen molar-refractivity contribution in [3.05, 3.63) is 64.7 Å². The maximum absolute atomic E-state index is 12.5. The number of carbonyl (C=O) groups is 1. The Hall–Kier alpha value is -3.21. The summed E-state index contributed by atoms with van der Waals surface area (Å²) in [5, 5.41) is 30.3. The molecule has 0 aliphatic carbocycles. The summed E-state index contributed by atoms with van der Waals surface area (Å²) in [6.45, 7) is 3.77. The highest BCUT2D eigenvalue weighted by atomic mass is 16.5. The van der Waals surface area contributed by atoms with Gasteiger partial charge in [-0.3, -0.25) is 4.79 Å². The molecule has 0 heterocycles. The van der Waals surface area contributed by atoms with Gasteiger partial charge in [0.25, 0.3) is 0 Å². The minimum Gasteiger partial charge on any atom is -0.507 e. The van der Waals surface area contributed by atoms with Crippen LogP contribution in [0.15, 0.2) is 48.1 Å². The molecule has 136 valence electrons. The topological polar surface area (TPSA) is 87.0 Å². The zero-order chi connectivity index (χ0) is 19.3. The van der Waals surface area contributed by atoms with Crippen molar-refractivity contribution in [1.29, 1.82) is 0 Å². The highest BCUT2D eigenvalue weighted by molar-refractivity contribution is 6.10. The Labute approximate surface area is 152 Å². The van der Waals surface area contributed by atoms with Crippen LogP contribution in [0.3, 0.4) is 0 Å². The fourth-order valence-corrected chi connectivity index (χ4v) is 2.40. The van der Waals surface area contributed by atoms with E-state index in [2.05, 4.69) is 0 Å². The quantitative estimate of drug-likeness (QED) is 0.411. The highest BCUT2D eigenvalue weighted by Crippen LogP contribution is 2.38. The van der Waals surface area contributed by atoms with Gasteiger partial charge in [-0.2, -0.15) is 0 Å². The van der Waals surface area contributed by atoms with Gasteiger partial charge < -0.3 is 20.1 Å². The van der Waals surface area contributed by atoms with Crippen molar-refractivity contribution in [2.45, 2.75) is 20.3 Å². The van der Waals surface area contributed by atoms with E-state index in [0.29, 0.717) is 5.75 Å². The molecule has 0 aliphatic heterocycles. The number of methoxy groups -OCH3 is 1. The predicted molar refractivity (Wildman–Crippen MR) is 101 cm³/mol. The third kappa shape index (κ3) is 4.45. The first-order chi connectivity index (χ1) is 12.3. The van der Waals surface area contributed by atoms with Crippen LogP contribution in [-0.4, -0.2) is 28.2 Å². The predicted octanol–water partition coefficient (Wildman–Crippen LogP) is 4.22. The van der Waals surface area contributed by atoms with Crippen LogP contribution in [0.4, 0.5) is 0 Å². The van der Waals surface area contributed by atoms with E-state index in [1.165, 1.54) is 6.08 Å². The number of allylic oxidation sites excluding steroid dienone is 3. The van der Waals surface area contributed by atoms with Gasteiger partial charge in [0.1, 0.15) is 28.6 Å². The molecule has 2 aromatic carbocycles. The van der Waals surface area contributed by atoms with E-state index >= 15 is 0 Å². The molecule has 26 heavy (non-hydrogen) atoms. The lowest BCUT2D eigenvalue weighted by molar-refractivity contribution is 0.104. The molecule has 0 bridgehead atoms. The molecule has 2 aromatic rings. The largest absolute Gasteiger partial charge is 0.507 e. The number of carbonyl (C=O) groups excluding carboxylic acids is 1. The third-order valence-corrected chi connectivity index (χ3v) is 3.87. The van der Waals surface area contributed by atoms with Crippen LogP contribution >= 0.6 is 0 Å². The summed E-state index contributed by atoms with van der Waals surface area (Å²) in [4.78, 5) is 12.5. The Balaban J connectivity index is 2.33. The molecule has 5 nitrogen and oxygen atoms in total. The van der Waals surface area contributed by atoms with E-state index in [1.807, 2.05) is 19.9 Å². The molecule has 3 N–H and O–H groups in total. The second kappa shape index (κ2) is 8.25. The maximum atomic E-state index is 12.5. The van der Waals surface area contributed by atoms with Gasteiger partial charge in [-0.1, -0.05) is 29.9 Å². The minimum absolute atomic E-state index is 0.199. The van der Waals surface area contributed by atoms with Crippen molar-refractivity contribution in [1.82, 2.24) is 0 Å². The Morgan fingerprint density at radius 1 is 1.08 bits per heavy atom. The van der Waals surface area contributed by atoms with Crippen molar-refractivity contribution < 1.29 is 24.9 Å². The van der Waals surface area contributed by atoms with Crippen molar-refractivity contribution in [2.24, 2.45) is 0 Å². The summed E-state index contributed by atoms with van der Waals surface area (Å²) in [7, 11) is 1.57. The molecule has 0 radical (unpaired) electrons. The van der Waals surface area contributed by atoms with Crippen LogP contribution in [0.25, 0.3) is 6.08 Å². The van der Waals surface area contributed by atoms with E-state index in [1.54, 1.807) is 37.5 Å². The van der Waals surface area contributed by atoms with Crippen LogP contribution in [0.5, 0.6) is 23.0 Å². The van der Waals surface area contributed by atoms with Gasteiger partial charge in [-0.05, 0) is 44.0 Å². The number of phenols is 3. The first kappa shape index (κ1) is 19.1. The van der Waals surface area contributed by atoms with E-state index in [-0.39, 0.29) is 23.3 Å². The fraction of sp³-hybridized carbons (Fsp3) is 0.190. The number of benzene rings is 2. The second-order valence-electron chi connectivity index (χ2n) is 6.07. The molecule has 0 fully saturated rings. The molecule has 0 atom stereocenters. The number of aromatic hydroxyl groups is 3. The van der Waals surface area contributed by atoms with Gasteiger partial charge in [0, 0.05) is 11.6 Å². The fourth-order valence-electron chi connectivity index (χ4n) is 2.40. The van der Waals surface area contributed by atoms with Crippen molar-refractivity contribution >= 4 is 11.9 Å². The van der Waals surface area contributed by atoms with E-state index < -0.39 is 17.3 Å². The smallest absolute Gasteiger partial charge is 0.193 e. The Morgan fingerprint density at radius 3 is 2.31 bits per heavy atom. The van der Waals surface area contributed by atoms with Gasteiger partial charge in [0.15, 0.2) is 5.78 Å². The minimum atomic E-state index is -0.561. The van der Waals surface area contributed by atoms with Crippen molar-refractivity contribution in [2.75, 3.05) is 7.11 Å². The number of rotatable bonds is 6. The first-order valence-corrected chi connectivity index (χ1v) is 8.10. The molecule has 0 aliphatic rings. The Kier molecular flexibility index (Phi) is 6.07. The SMILES string of the molecule is COc1ccc(C=CC(=O)c2c(O)cc(O)c(CC=C(C)C)c2O)cc1. The number of ketones is 1. The normalized spacial score (nSPS) is 10.7. The molecule has 0 spiro atoms. The zero-order valence-electron chi connectivity index (χ0n) is 15.0. The van der Waals surface area contributed by atoms with Crippen LogP contribution in [0.2, 0.25) is 0 Å². The van der Waals surface area contributed by atoms with E-state index in [9.17, 15) is 20.1 Å². The van der Waals surface area contributed by atoms with Crippen LogP contribution in [-0.2, 0) is 6.42 Å². The lowest BCUT2D eigenvalue weighted by atomic mass is 9.99. The molecule has 0 saturated carbocycles. The van der Waals surface area contributed by atoms with E-state index in [4.69, 9.17) is 4.74 Å². The van der Waals surface area contributed by atoms with Gasteiger partial charge in [0.2, 0.25) is 0 Å². The molecule has 0 unspecified atom stereocenters. The number of hydrogen-bond donors (Lipinski definition) is 3. The summed E-state index contributed by atoms with van der Waals surface area (Å²) < 4.78 is 5.07. The van der Waals surface area contributed by atoms with Gasteiger partial charge in [-0.15, -0.1) is 0 Å². The number of ether oxygens (including phenoxy) is 1. The molecule has 0 saturated heterocycles. The van der Waals surface area contributed by atoms with E-state index in [0.717, 1.165) is 17.2 Å². The molecule has 0 amide bonds. The lowest BCUT2D eigenvalue weighted by Crippen LogP contribution is -1.99. The average Bonchev–Trinajstić information content (AvgIpc) is 2.59. The molecular weight excluding hydrogens is 332 g/mol. The van der Waals surface area contributed by atoms with Gasteiger partial charge >= 0.3 is 0 Å². The standard InChI is InChI=1S/C21H22O5/c1-13(2)4-10-16-18(23)12-19(24)20(21(16)25)17(22)11-7-14-5-8-15(26-3)9-6-14/h4-9,11-12,23-25H,10H2,1-3H3. The molecule has 0 aromatic heterocycles. The maximum Gasteiger partial charge on any atom is 0.193 e. The first-order valence-electron chi connectivity index (χ1n) is 8.10. The Morgan fingerprint density at radius 2 is 1.73 bits per heavy atom. The molecule has 5 heteroatoms. The molecular formula is C21H22O5.